The molecule has 0 aliphatic carbocycles. The van der Waals surface area contributed by atoms with Crippen molar-refractivity contribution >= 4 is 28.5 Å². The van der Waals surface area contributed by atoms with Crippen LogP contribution in [0, 0.1) is 0 Å². The van der Waals surface area contributed by atoms with Gasteiger partial charge in [-0.2, -0.15) is 0 Å². The van der Waals surface area contributed by atoms with Crippen LogP contribution in [0.4, 0.5) is 5.69 Å². The summed E-state index contributed by atoms with van der Waals surface area (Å²) in [7, 11) is 0. The normalized spacial score (nSPS) is 10.6. The average molecular weight is 396 g/mol. The SMILES string of the molecule is CCOC(=O)c1cccc(NC(=O)c2cc(-c3ccccc3)nc3ccccc23)c1. The molecule has 0 spiro atoms. The summed E-state index contributed by atoms with van der Waals surface area (Å²) in [6.07, 6.45) is 0. The summed E-state index contributed by atoms with van der Waals surface area (Å²) in [5, 5.41) is 3.65. The van der Waals surface area contributed by atoms with Crippen LogP contribution >= 0.6 is 0 Å². The van der Waals surface area contributed by atoms with Gasteiger partial charge in [0, 0.05) is 16.6 Å². The number of rotatable bonds is 5. The van der Waals surface area contributed by atoms with Crippen LogP contribution in [0.15, 0.2) is 84.9 Å². The van der Waals surface area contributed by atoms with Gasteiger partial charge < -0.3 is 10.1 Å². The van der Waals surface area contributed by atoms with Crippen LogP contribution in [0.25, 0.3) is 22.2 Å². The molecule has 0 bridgehead atoms. The predicted molar refractivity (Wildman–Crippen MR) is 118 cm³/mol. The molecule has 3 aromatic carbocycles. The fourth-order valence-electron chi connectivity index (χ4n) is 3.26. The number of carbonyl (C=O) groups is 2. The Morgan fingerprint density at radius 2 is 1.67 bits per heavy atom. The van der Waals surface area contributed by atoms with Crippen molar-refractivity contribution in [2.24, 2.45) is 0 Å². The Labute approximate surface area is 174 Å². The minimum atomic E-state index is -0.422. The van der Waals surface area contributed by atoms with Gasteiger partial charge in [-0.05, 0) is 37.3 Å². The van der Waals surface area contributed by atoms with E-state index in [0.29, 0.717) is 23.4 Å². The lowest BCUT2D eigenvalue weighted by Crippen LogP contribution is -2.14. The number of para-hydroxylation sites is 1. The highest BCUT2D eigenvalue weighted by atomic mass is 16.5. The van der Waals surface area contributed by atoms with Gasteiger partial charge in [-0.25, -0.2) is 9.78 Å². The van der Waals surface area contributed by atoms with Crippen LogP contribution in [0.3, 0.4) is 0 Å². The van der Waals surface area contributed by atoms with Gasteiger partial charge in [0.1, 0.15) is 0 Å². The molecule has 0 unspecified atom stereocenters. The lowest BCUT2D eigenvalue weighted by Gasteiger charge is -2.11. The zero-order valence-corrected chi connectivity index (χ0v) is 16.5. The Morgan fingerprint density at radius 1 is 0.900 bits per heavy atom. The molecule has 0 aliphatic heterocycles. The molecule has 0 atom stereocenters. The van der Waals surface area contributed by atoms with Crippen molar-refractivity contribution in [2.75, 3.05) is 11.9 Å². The molecule has 0 fully saturated rings. The van der Waals surface area contributed by atoms with Crippen molar-refractivity contribution in [3.63, 3.8) is 0 Å². The van der Waals surface area contributed by atoms with E-state index in [2.05, 4.69) is 5.32 Å². The Kier molecular flexibility index (Phi) is 5.52. The molecular formula is C25H20N2O3. The number of hydrogen-bond donors (Lipinski definition) is 1. The van der Waals surface area contributed by atoms with Gasteiger partial charge in [-0.1, -0.05) is 54.6 Å². The maximum absolute atomic E-state index is 13.2. The molecule has 5 heteroatoms. The van der Waals surface area contributed by atoms with Gasteiger partial charge in [0.05, 0.1) is 28.9 Å². The van der Waals surface area contributed by atoms with Crippen molar-refractivity contribution < 1.29 is 14.3 Å². The molecule has 1 N–H and O–H groups in total. The van der Waals surface area contributed by atoms with Crippen molar-refractivity contribution in [2.45, 2.75) is 6.92 Å². The first kappa shape index (κ1) is 19.3. The zero-order valence-electron chi connectivity index (χ0n) is 16.5. The first-order chi connectivity index (χ1) is 14.7. The van der Waals surface area contributed by atoms with E-state index in [9.17, 15) is 9.59 Å². The Morgan fingerprint density at radius 3 is 2.47 bits per heavy atom. The molecule has 0 saturated carbocycles. The fourth-order valence-corrected chi connectivity index (χ4v) is 3.26. The molecule has 5 nitrogen and oxygen atoms in total. The van der Waals surface area contributed by atoms with Crippen LogP contribution in [0.5, 0.6) is 0 Å². The number of nitrogens with zero attached hydrogens (tertiary/aromatic N) is 1. The third-order valence-corrected chi connectivity index (χ3v) is 4.66. The van der Waals surface area contributed by atoms with Crippen molar-refractivity contribution in [3.8, 4) is 11.3 Å². The number of pyridine rings is 1. The predicted octanol–water partition coefficient (Wildman–Crippen LogP) is 5.33. The van der Waals surface area contributed by atoms with Gasteiger partial charge in [0.2, 0.25) is 0 Å². The molecule has 1 amide bonds. The van der Waals surface area contributed by atoms with Gasteiger partial charge in [-0.15, -0.1) is 0 Å². The number of benzene rings is 3. The van der Waals surface area contributed by atoms with Gasteiger partial charge in [0.25, 0.3) is 5.91 Å². The zero-order chi connectivity index (χ0) is 20.9. The molecule has 30 heavy (non-hydrogen) atoms. The van der Waals surface area contributed by atoms with Gasteiger partial charge in [0.15, 0.2) is 0 Å². The maximum Gasteiger partial charge on any atom is 0.338 e. The average Bonchev–Trinajstić information content (AvgIpc) is 2.79. The molecule has 1 aromatic heterocycles. The number of carbonyl (C=O) groups excluding carboxylic acids is 2. The van der Waals surface area contributed by atoms with Crippen LogP contribution in [0.2, 0.25) is 0 Å². The largest absolute Gasteiger partial charge is 0.462 e. The number of nitrogens with one attached hydrogen (secondary N) is 1. The summed E-state index contributed by atoms with van der Waals surface area (Å²) in [5.41, 5.74) is 3.82. The van der Waals surface area contributed by atoms with E-state index >= 15 is 0 Å². The number of aromatic nitrogens is 1. The molecule has 0 radical (unpaired) electrons. The highest BCUT2D eigenvalue weighted by Gasteiger charge is 2.15. The second-order valence-electron chi connectivity index (χ2n) is 6.69. The molecule has 4 aromatic rings. The lowest BCUT2D eigenvalue weighted by atomic mass is 10.0. The summed E-state index contributed by atoms with van der Waals surface area (Å²) >= 11 is 0. The summed E-state index contributed by atoms with van der Waals surface area (Å²) < 4.78 is 5.04. The minimum absolute atomic E-state index is 0.271. The van der Waals surface area contributed by atoms with Crippen LogP contribution in [-0.2, 0) is 4.74 Å². The minimum Gasteiger partial charge on any atom is -0.462 e. The molecule has 0 saturated heterocycles. The molecule has 0 aliphatic rings. The lowest BCUT2D eigenvalue weighted by molar-refractivity contribution is 0.0526. The first-order valence-electron chi connectivity index (χ1n) is 9.69. The third kappa shape index (κ3) is 4.05. The number of ether oxygens (including phenoxy) is 1. The quantitative estimate of drug-likeness (QED) is 0.463. The van der Waals surface area contributed by atoms with Crippen LogP contribution in [0.1, 0.15) is 27.6 Å². The van der Waals surface area contributed by atoms with E-state index in [1.165, 1.54) is 0 Å². The highest BCUT2D eigenvalue weighted by Crippen LogP contribution is 2.25. The smallest absolute Gasteiger partial charge is 0.338 e. The van der Waals surface area contributed by atoms with Crippen molar-refractivity contribution in [1.82, 2.24) is 4.98 Å². The fraction of sp³-hybridized carbons (Fsp3) is 0.0800. The number of amides is 1. The third-order valence-electron chi connectivity index (χ3n) is 4.66. The summed E-state index contributed by atoms with van der Waals surface area (Å²) in [4.78, 5) is 29.9. The monoisotopic (exact) mass is 396 g/mol. The summed E-state index contributed by atoms with van der Waals surface area (Å²) in [5.74, 6) is -0.693. The Bertz CT molecular complexity index is 1220. The molecule has 4 rings (SSSR count). The van der Waals surface area contributed by atoms with Crippen LogP contribution in [-0.4, -0.2) is 23.5 Å². The molecule has 148 valence electrons. The van der Waals surface area contributed by atoms with Crippen LogP contribution < -0.4 is 5.32 Å². The van der Waals surface area contributed by atoms with E-state index in [4.69, 9.17) is 9.72 Å². The van der Waals surface area contributed by atoms with E-state index < -0.39 is 5.97 Å². The Hall–Kier alpha value is -3.99. The number of fused-ring (bicyclic) bond motifs is 1. The summed E-state index contributed by atoms with van der Waals surface area (Å²) in [6, 6.07) is 25.8. The topological polar surface area (TPSA) is 68.3 Å². The number of anilines is 1. The van der Waals surface area contributed by atoms with E-state index in [1.807, 2.05) is 54.6 Å². The standard InChI is InChI=1S/C25H20N2O3/c1-2-30-25(29)18-11-8-12-19(15-18)26-24(28)21-16-23(17-9-4-3-5-10-17)27-22-14-7-6-13-20(21)22/h3-16H,2H2,1H3,(H,26,28). The first-order valence-corrected chi connectivity index (χ1v) is 9.69. The second-order valence-corrected chi connectivity index (χ2v) is 6.69. The number of esters is 1. The summed E-state index contributed by atoms with van der Waals surface area (Å²) in [6.45, 7) is 2.04. The van der Waals surface area contributed by atoms with E-state index in [1.54, 1.807) is 37.3 Å². The van der Waals surface area contributed by atoms with E-state index in [0.717, 1.165) is 22.2 Å². The molecule has 1 heterocycles. The maximum atomic E-state index is 13.2. The Balaban J connectivity index is 1.71. The van der Waals surface area contributed by atoms with Gasteiger partial charge in [-0.3, -0.25) is 4.79 Å². The number of hydrogen-bond acceptors (Lipinski definition) is 4. The van der Waals surface area contributed by atoms with E-state index in [-0.39, 0.29) is 5.91 Å². The van der Waals surface area contributed by atoms with Crippen molar-refractivity contribution in [1.29, 1.82) is 0 Å². The van der Waals surface area contributed by atoms with Gasteiger partial charge >= 0.3 is 5.97 Å². The highest BCUT2D eigenvalue weighted by molar-refractivity contribution is 6.13. The van der Waals surface area contributed by atoms with Crippen molar-refractivity contribution in [3.05, 3.63) is 96.1 Å². The second kappa shape index (κ2) is 8.57. The molecular weight excluding hydrogens is 376 g/mol.